The minimum Gasteiger partial charge on any atom is -0.0654 e. The Labute approximate surface area is 89.5 Å². The average molecular weight is 194 g/mol. The maximum Gasteiger partial charge on any atom is -0.0383 e. The van der Waals surface area contributed by atoms with Gasteiger partial charge in [0.15, 0.2) is 0 Å². The molecule has 2 fully saturated rings. The van der Waals surface area contributed by atoms with Gasteiger partial charge in [-0.05, 0) is 30.6 Å². The molecule has 14 heavy (non-hydrogen) atoms. The van der Waals surface area contributed by atoms with Crippen molar-refractivity contribution >= 4 is 0 Å². The molecule has 3 atom stereocenters. The Kier molecular flexibility index (Phi) is 3.89. The maximum atomic E-state index is 2.31. The van der Waals surface area contributed by atoms with E-state index in [4.69, 9.17) is 0 Å². The SMILES string of the molecule is CCCCCCC1CC2CCCC1C2. The van der Waals surface area contributed by atoms with E-state index in [1.807, 2.05) is 0 Å². The van der Waals surface area contributed by atoms with Gasteiger partial charge in [0.05, 0.1) is 0 Å². The number of rotatable bonds is 5. The molecule has 0 aromatic carbocycles. The minimum absolute atomic E-state index is 1.14. The van der Waals surface area contributed by atoms with E-state index >= 15 is 0 Å². The van der Waals surface area contributed by atoms with Crippen molar-refractivity contribution in [3.63, 3.8) is 0 Å². The standard InChI is InChI=1S/C14H26/c1-2-3-4-5-8-13-10-12-7-6-9-14(13)11-12/h12-14H,2-11H2,1H3. The fraction of sp³-hybridized carbons (Fsp3) is 1.00. The Hall–Kier alpha value is 0. The summed E-state index contributed by atoms with van der Waals surface area (Å²) in [5, 5.41) is 0. The first-order valence-electron chi connectivity index (χ1n) is 6.90. The zero-order chi connectivity index (χ0) is 9.80. The summed E-state index contributed by atoms with van der Waals surface area (Å²) < 4.78 is 0. The number of hydrogen-bond donors (Lipinski definition) is 0. The second kappa shape index (κ2) is 5.19. The van der Waals surface area contributed by atoms with Crippen LogP contribution in [0.15, 0.2) is 0 Å². The van der Waals surface area contributed by atoms with E-state index in [-0.39, 0.29) is 0 Å². The maximum absolute atomic E-state index is 2.31. The van der Waals surface area contributed by atoms with Crippen molar-refractivity contribution in [2.45, 2.75) is 71.1 Å². The lowest BCUT2D eigenvalue weighted by Crippen LogP contribution is -2.09. The highest BCUT2D eigenvalue weighted by Crippen LogP contribution is 2.47. The smallest absolute Gasteiger partial charge is 0.0383 e. The fourth-order valence-corrected chi connectivity index (χ4v) is 3.78. The quantitative estimate of drug-likeness (QED) is 0.552. The lowest BCUT2D eigenvalue weighted by atomic mass is 9.85. The van der Waals surface area contributed by atoms with Gasteiger partial charge >= 0.3 is 0 Å². The molecule has 0 aromatic heterocycles. The molecule has 0 saturated heterocycles. The van der Waals surface area contributed by atoms with E-state index in [2.05, 4.69) is 6.92 Å². The van der Waals surface area contributed by atoms with Gasteiger partial charge in [0.1, 0.15) is 0 Å². The zero-order valence-electron chi connectivity index (χ0n) is 9.80. The monoisotopic (exact) mass is 194 g/mol. The Morgan fingerprint density at radius 3 is 2.71 bits per heavy atom. The van der Waals surface area contributed by atoms with Crippen LogP contribution in [0.3, 0.4) is 0 Å². The highest BCUT2D eigenvalue weighted by Gasteiger charge is 2.35. The second-order valence-corrected chi connectivity index (χ2v) is 5.64. The molecule has 0 radical (unpaired) electrons. The van der Waals surface area contributed by atoms with Gasteiger partial charge in [-0.2, -0.15) is 0 Å². The van der Waals surface area contributed by atoms with Crippen molar-refractivity contribution in [1.82, 2.24) is 0 Å². The van der Waals surface area contributed by atoms with E-state index in [1.165, 1.54) is 25.7 Å². The molecule has 3 unspecified atom stereocenters. The van der Waals surface area contributed by atoms with Gasteiger partial charge in [-0.3, -0.25) is 0 Å². The molecule has 2 bridgehead atoms. The molecule has 2 aliphatic rings. The topological polar surface area (TPSA) is 0 Å². The van der Waals surface area contributed by atoms with Crippen LogP contribution in [0, 0.1) is 17.8 Å². The molecule has 0 spiro atoms. The Morgan fingerprint density at radius 1 is 1.00 bits per heavy atom. The van der Waals surface area contributed by atoms with Gasteiger partial charge in [0, 0.05) is 0 Å². The zero-order valence-corrected chi connectivity index (χ0v) is 9.80. The third-order valence-corrected chi connectivity index (χ3v) is 4.55. The number of hydrogen-bond acceptors (Lipinski definition) is 0. The predicted molar refractivity (Wildman–Crippen MR) is 62.3 cm³/mol. The van der Waals surface area contributed by atoms with Crippen LogP contribution in [0.2, 0.25) is 0 Å². The lowest BCUT2D eigenvalue weighted by Gasteiger charge is -2.20. The van der Waals surface area contributed by atoms with E-state index in [9.17, 15) is 0 Å². The van der Waals surface area contributed by atoms with Crippen LogP contribution >= 0.6 is 0 Å². The van der Waals surface area contributed by atoms with Crippen LogP contribution in [0.25, 0.3) is 0 Å². The summed E-state index contributed by atoms with van der Waals surface area (Å²) >= 11 is 0. The van der Waals surface area contributed by atoms with Crippen molar-refractivity contribution in [2.24, 2.45) is 17.8 Å². The summed E-state index contributed by atoms with van der Waals surface area (Å²) in [5.74, 6) is 3.43. The highest BCUT2D eigenvalue weighted by molar-refractivity contribution is 4.87. The molecule has 2 saturated carbocycles. The molecular weight excluding hydrogens is 168 g/mol. The summed E-state index contributed by atoms with van der Waals surface area (Å²) in [6.07, 6.45) is 15.3. The third kappa shape index (κ3) is 2.52. The van der Waals surface area contributed by atoms with Gasteiger partial charge in [-0.25, -0.2) is 0 Å². The van der Waals surface area contributed by atoms with Crippen molar-refractivity contribution in [2.75, 3.05) is 0 Å². The van der Waals surface area contributed by atoms with E-state index in [0.717, 1.165) is 17.8 Å². The van der Waals surface area contributed by atoms with Crippen molar-refractivity contribution < 1.29 is 0 Å². The number of unbranched alkanes of at least 4 members (excludes halogenated alkanes) is 3. The van der Waals surface area contributed by atoms with Crippen LogP contribution in [-0.4, -0.2) is 0 Å². The van der Waals surface area contributed by atoms with Crippen LogP contribution in [-0.2, 0) is 0 Å². The molecule has 0 aromatic rings. The summed E-state index contributed by atoms with van der Waals surface area (Å²) in [6.45, 7) is 2.31. The van der Waals surface area contributed by atoms with Gasteiger partial charge in [-0.15, -0.1) is 0 Å². The first-order valence-corrected chi connectivity index (χ1v) is 6.90. The van der Waals surface area contributed by atoms with E-state index < -0.39 is 0 Å². The summed E-state index contributed by atoms with van der Waals surface area (Å²) in [7, 11) is 0. The summed E-state index contributed by atoms with van der Waals surface area (Å²) in [4.78, 5) is 0. The molecule has 0 nitrogen and oxygen atoms in total. The summed E-state index contributed by atoms with van der Waals surface area (Å²) in [6, 6.07) is 0. The van der Waals surface area contributed by atoms with Crippen molar-refractivity contribution in [1.29, 1.82) is 0 Å². The first-order chi connectivity index (χ1) is 6.90. The number of fused-ring (bicyclic) bond motifs is 2. The Bertz CT molecular complexity index is 161. The van der Waals surface area contributed by atoms with E-state index in [0.29, 0.717) is 0 Å². The van der Waals surface area contributed by atoms with Crippen molar-refractivity contribution in [3.8, 4) is 0 Å². The molecule has 2 aliphatic carbocycles. The predicted octanol–water partition coefficient (Wildman–Crippen LogP) is 4.78. The second-order valence-electron chi connectivity index (χ2n) is 5.64. The molecule has 0 N–H and O–H groups in total. The molecular formula is C14H26. The molecule has 0 amide bonds. The van der Waals surface area contributed by atoms with Crippen LogP contribution in [0.5, 0.6) is 0 Å². The van der Waals surface area contributed by atoms with Gasteiger partial charge in [0.25, 0.3) is 0 Å². The molecule has 0 aliphatic heterocycles. The lowest BCUT2D eigenvalue weighted by molar-refractivity contribution is 0.310. The van der Waals surface area contributed by atoms with Crippen LogP contribution in [0.4, 0.5) is 0 Å². The molecule has 0 heterocycles. The third-order valence-electron chi connectivity index (χ3n) is 4.55. The van der Waals surface area contributed by atoms with Gasteiger partial charge in [-0.1, -0.05) is 58.3 Å². The minimum atomic E-state index is 1.14. The molecule has 2 rings (SSSR count). The Morgan fingerprint density at radius 2 is 1.93 bits per heavy atom. The largest absolute Gasteiger partial charge is 0.0654 e. The van der Waals surface area contributed by atoms with Crippen molar-refractivity contribution in [3.05, 3.63) is 0 Å². The van der Waals surface area contributed by atoms with E-state index in [1.54, 1.807) is 38.5 Å². The van der Waals surface area contributed by atoms with Gasteiger partial charge in [0.2, 0.25) is 0 Å². The fourth-order valence-electron chi connectivity index (χ4n) is 3.78. The highest BCUT2D eigenvalue weighted by atomic mass is 14.4. The average Bonchev–Trinajstić information content (AvgIpc) is 2.49. The summed E-state index contributed by atoms with van der Waals surface area (Å²) in [5.41, 5.74) is 0. The molecule has 0 heteroatoms. The van der Waals surface area contributed by atoms with Gasteiger partial charge < -0.3 is 0 Å². The normalized spacial score (nSPS) is 36.2. The van der Waals surface area contributed by atoms with Crippen LogP contribution in [0.1, 0.15) is 71.1 Å². The van der Waals surface area contributed by atoms with Crippen LogP contribution < -0.4 is 0 Å². The first kappa shape index (κ1) is 10.5. The molecule has 82 valence electrons. The Balaban J connectivity index is 1.66.